The van der Waals surface area contributed by atoms with Gasteiger partial charge in [0.1, 0.15) is 11.4 Å². The van der Waals surface area contributed by atoms with E-state index >= 15 is 0 Å². The molecule has 3 nitrogen and oxygen atoms in total. The maximum atomic E-state index is 12.0. The van der Waals surface area contributed by atoms with Gasteiger partial charge in [0.25, 0.3) is 0 Å². The first-order valence-corrected chi connectivity index (χ1v) is 8.98. The van der Waals surface area contributed by atoms with Crippen LogP contribution in [-0.4, -0.2) is 13.1 Å². The SMILES string of the molecule is C=C(C)C(=O)OC1(c2cc(I)c(OC)c(I)c2)CCCC1. The lowest BCUT2D eigenvalue weighted by Crippen LogP contribution is -2.30. The van der Waals surface area contributed by atoms with Crippen molar-refractivity contribution in [1.29, 1.82) is 0 Å². The van der Waals surface area contributed by atoms with Crippen LogP contribution in [-0.2, 0) is 15.1 Å². The first-order valence-electron chi connectivity index (χ1n) is 6.82. The molecule has 114 valence electrons. The molecule has 0 radical (unpaired) electrons. The molecule has 0 saturated heterocycles. The Morgan fingerprint density at radius 2 is 1.76 bits per heavy atom. The van der Waals surface area contributed by atoms with Gasteiger partial charge in [-0.25, -0.2) is 4.79 Å². The minimum atomic E-state index is -0.512. The quantitative estimate of drug-likeness (QED) is 0.331. The number of hydrogen-bond acceptors (Lipinski definition) is 3. The molecule has 1 aromatic rings. The fourth-order valence-corrected chi connectivity index (χ4v) is 4.89. The molecule has 0 atom stereocenters. The van der Waals surface area contributed by atoms with Crippen molar-refractivity contribution in [3.8, 4) is 5.75 Å². The summed E-state index contributed by atoms with van der Waals surface area (Å²) in [6.07, 6.45) is 3.88. The lowest BCUT2D eigenvalue weighted by Gasteiger charge is -2.30. The molecular weight excluding hydrogens is 494 g/mol. The van der Waals surface area contributed by atoms with Gasteiger partial charge in [0.15, 0.2) is 0 Å². The number of carbonyl (C=O) groups is 1. The number of hydrogen-bond donors (Lipinski definition) is 0. The molecule has 0 amide bonds. The number of halogens is 2. The van der Waals surface area contributed by atoms with Crippen LogP contribution in [0.25, 0.3) is 0 Å². The van der Waals surface area contributed by atoms with E-state index in [9.17, 15) is 4.79 Å². The maximum absolute atomic E-state index is 12.0. The standard InChI is InChI=1S/C16H18I2O3/c1-10(2)15(19)21-16(6-4-5-7-16)11-8-12(17)14(20-3)13(18)9-11/h8-9H,1,4-7H2,2-3H3. The average Bonchev–Trinajstić information content (AvgIpc) is 2.88. The van der Waals surface area contributed by atoms with Gasteiger partial charge in [-0.3, -0.25) is 0 Å². The minimum Gasteiger partial charge on any atom is -0.495 e. The molecule has 0 bridgehead atoms. The van der Waals surface area contributed by atoms with Crippen molar-refractivity contribution < 1.29 is 14.3 Å². The normalized spacial score (nSPS) is 16.6. The van der Waals surface area contributed by atoms with Gasteiger partial charge < -0.3 is 9.47 Å². The molecule has 0 N–H and O–H groups in total. The number of benzene rings is 1. The van der Waals surface area contributed by atoms with Crippen molar-refractivity contribution >= 4 is 51.2 Å². The average molecular weight is 512 g/mol. The van der Waals surface area contributed by atoms with Crippen molar-refractivity contribution in [2.75, 3.05) is 7.11 Å². The smallest absolute Gasteiger partial charge is 0.333 e. The van der Waals surface area contributed by atoms with E-state index in [1.54, 1.807) is 14.0 Å². The Bertz CT molecular complexity index is 552. The van der Waals surface area contributed by atoms with E-state index in [0.717, 1.165) is 44.1 Å². The van der Waals surface area contributed by atoms with Crippen molar-refractivity contribution in [3.63, 3.8) is 0 Å². The highest BCUT2D eigenvalue weighted by Gasteiger charge is 2.40. The third kappa shape index (κ3) is 3.55. The highest BCUT2D eigenvalue weighted by molar-refractivity contribution is 14.1. The van der Waals surface area contributed by atoms with E-state index < -0.39 is 5.60 Å². The fourth-order valence-electron chi connectivity index (χ4n) is 2.68. The Kier molecular flexibility index (Phi) is 5.56. The Morgan fingerprint density at radius 3 is 2.19 bits per heavy atom. The summed E-state index contributed by atoms with van der Waals surface area (Å²) in [4.78, 5) is 12.0. The van der Waals surface area contributed by atoms with E-state index in [1.807, 2.05) is 0 Å². The highest BCUT2D eigenvalue weighted by Crippen LogP contribution is 2.44. The third-order valence-corrected chi connectivity index (χ3v) is 5.38. The van der Waals surface area contributed by atoms with Gasteiger partial charge in [-0.05, 0) is 95.5 Å². The Balaban J connectivity index is 2.43. The Hall–Kier alpha value is -0.310. The van der Waals surface area contributed by atoms with Crippen LogP contribution in [0.3, 0.4) is 0 Å². The number of rotatable bonds is 4. The van der Waals surface area contributed by atoms with Gasteiger partial charge in [0.2, 0.25) is 0 Å². The summed E-state index contributed by atoms with van der Waals surface area (Å²) in [5, 5.41) is 0. The van der Waals surface area contributed by atoms with Gasteiger partial charge in [-0.1, -0.05) is 6.58 Å². The second kappa shape index (κ2) is 6.85. The van der Waals surface area contributed by atoms with Crippen LogP contribution in [0.5, 0.6) is 5.75 Å². The van der Waals surface area contributed by atoms with Gasteiger partial charge in [-0.2, -0.15) is 0 Å². The Labute approximate surface area is 152 Å². The molecule has 1 aliphatic carbocycles. The first-order chi connectivity index (χ1) is 9.89. The molecule has 1 aromatic carbocycles. The molecule has 21 heavy (non-hydrogen) atoms. The van der Waals surface area contributed by atoms with Gasteiger partial charge in [0.05, 0.1) is 14.3 Å². The summed E-state index contributed by atoms with van der Waals surface area (Å²) in [6.45, 7) is 5.37. The fraction of sp³-hybridized carbons (Fsp3) is 0.438. The number of carbonyl (C=O) groups excluding carboxylic acids is 1. The largest absolute Gasteiger partial charge is 0.495 e. The van der Waals surface area contributed by atoms with Crippen molar-refractivity contribution in [3.05, 3.63) is 37.0 Å². The molecule has 0 unspecified atom stereocenters. The maximum Gasteiger partial charge on any atom is 0.333 e. The predicted octanol–water partition coefficient (Wildman–Crippen LogP) is 4.79. The molecule has 1 fully saturated rings. The van der Waals surface area contributed by atoms with Crippen LogP contribution in [0.15, 0.2) is 24.3 Å². The monoisotopic (exact) mass is 512 g/mol. The van der Waals surface area contributed by atoms with Crippen molar-refractivity contribution in [2.45, 2.75) is 38.2 Å². The summed E-state index contributed by atoms with van der Waals surface area (Å²) < 4.78 is 13.3. The van der Waals surface area contributed by atoms with Gasteiger partial charge in [0, 0.05) is 5.57 Å². The number of esters is 1. The van der Waals surface area contributed by atoms with Crippen molar-refractivity contribution in [2.24, 2.45) is 0 Å². The van der Waals surface area contributed by atoms with E-state index in [2.05, 4.69) is 63.9 Å². The topological polar surface area (TPSA) is 35.5 Å². The molecule has 0 heterocycles. The zero-order valence-corrected chi connectivity index (χ0v) is 16.5. The van der Waals surface area contributed by atoms with Crippen LogP contribution >= 0.6 is 45.2 Å². The van der Waals surface area contributed by atoms with E-state index in [0.29, 0.717) is 5.57 Å². The molecule has 1 aliphatic rings. The molecule has 0 aliphatic heterocycles. The van der Waals surface area contributed by atoms with E-state index in [-0.39, 0.29) is 5.97 Å². The zero-order valence-electron chi connectivity index (χ0n) is 12.2. The summed E-state index contributed by atoms with van der Waals surface area (Å²) in [5.74, 6) is 0.567. The minimum absolute atomic E-state index is 0.308. The lowest BCUT2D eigenvalue weighted by molar-refractivity contribution is -0.155. The molecule has 1 saturated carbocycles. The van der Waals surface area contributed by atoms with Crippen LogP contribution in [0.4, 0.5) is 0 Å². The van der Waals surface area contributed by atoms with Gasteiger partial charge in [-0.15, -0.1) is 0 Å². The number of ether oxygens (including phenoxy) is 2. The van der Waals surface area contributed by atoms with Crippen molar-refractivity contribution in [1.82, 2.24) is 0 Å². The molecule has 0 spiro atoms. The van der Waals surface area contributed by atoms with Crippen LogP contribution < -0.4 is 4.74 Å². The summed E-state index contributed by atoms with van der Waals surface area (Å²) in [5.41, 5.74) is 0.991. The third-order valence-electron chi connectivity index (χ3n) is 3.78. The highest BCUT2D eigenvalue weighted by atomic mass is 127. The zero-order chi connectivity index (χ0) is 15.6. The molecule has 0 aromatic heterocycles. The van der Waals surface area contributed by atoms with Gasteiger partial charge >= 0.3 is 5.97 Å². The van der Waals surface area contributed by atoms with Crippen LogP contribution in [0.1, 0.15) is 38.2 Å². The second-order valence-electron chi connectivity index (χ2n) is 5.34. The molecule has 2 rings (SSSR count). The molecular formula is C16H18I2O3. The molecule has 5 heteroatoms. The van der Waals surface area contributed by atoms with Crippen LogP contribution in [0.2, 0.25) is 0 Å². The summed E-state index contributed by atoms with van der Waals surface area (Å²) >= 11 is 4.53. The first kappa shape index (κ1) is 17.1. The lowest BCUT2D eigenvalue weighted by atomic mass is 9.91. The second-order valence-corrected chi connectivity index (χ2v) is 7.67. The predicted molar refractivity (Wildman–Crippen MR) is 99.5 cm³/mol. The summed E-state index contributed by atoms with van der Waals surface area (Å²) in [7, 11) is 1.67. The number of methoxy groups -OCH3 is 1. The van der Waals surface area contributed by atoms with Crippen LogP contribution in [0, 0.1) is 7.14 Å². The Morgan fingerprint density at radius 1 is 1.24 bits per heavy atom. The summed E-state index contributed by atoms with van der Waals surface area (Å²) in [6, 6.07) is 4.14. The van der Waals surface area contributed by atoms with E-state index in [4.69, 9.17) is 9.47 Å². The van der Waals surface area contributed by atoms with E-state index in [1.165, 1.54) is 0 Å².